The van der Waals surface area contributed by atoms with Crippen molar-refractivity contribution in [1.82, 2.24) is 15.2 Å². The normalized spacial score (nSPS) is 27.2. The second-order valence-electron chi connectivity index (χ2n) is 7.39. The van der Waals surface area contributed by atoms with Crippen LogP contribution in [0.3, 0.4) is 0 Å². The van der Waals surface area contributed by atoms with Gasteiger partial charge >= 0.3 is 0 Å². The van der Waals surface area contributed by atoms with Crippen LogP contribution in [0.15, 0.2) is 29.4 Å². The Hall–Kier alpha value is -1.13. The highest BCUT2D eigenvalue weighted by molar-refractivity contribution is 7.98. The molecule has 3 nitrogen and oxygen atoms in total. The van der Waals surface area contributed by atoms with E-state index >= 15 is 0 Å². The lowest BCUT2D eigenvalue weighted by Crippen LogP contribution is -2.32. The molecule has 0 aliphatic heterocycles. The molecule has 2 atom stereocenters. The highest BCUT2D eigenvalue weighted by Crippen LogP contribution is 2.66. The van der Waals surface area contributed by atoms with Gasteiger partial charge in [-0.15, -0.1) is 5.10 Å². The predicted octanol–water partition coefficient (Wildman–Crippen LogP) is 4.99. The number of hydrogen-bond donors (Lipinski definition) is 0. The predicted molar refractivity (Wildman–Crippen MR) is 93.9 cm³/mol. The average molecular weight is 346 g/mol. The van der Waals surface area contributed by atoms with Crippen LogP contribution in [-0.4, -0.2) is 15.2 Å². The molecule has 23 heavy (non-hydrogen) atoms. The maximum Gasteiger partial charge on any atom is 0.209 e. The van der Waals surface area contributed by atoms with Crippen molar-refractivity contribution < 1.29 is 0 Å². The third-order valence-electron chi connectivity index (χ3n) is 6.05. The highest BCUT2D eigenvalue weighted by Gasteiger charge is 2.61. The fourth-order valence-corrected chi connectivity index (χ4v) is 5.02. The van der Waals surface area contributed by atoms with Crippen LogP contribution in [0.25, 0.3) is 0 Å². The zero-order chi connectivity index (χ0) is 16.2. The SMILES string of the molecule is CC1(C)[C@H]2CC[C@]1(C)c1nc(SCc3ccc(Cl)cc3)nnc12. The zero-order valence-electron chi connectivity index (χ0n) is 13.6. The molecule has 5 heteroatoms. The summed E-state index contributed by atoms with van der Waals surface area (Å²) in [6.45, 7) is 7.06. The lowest BCUT2D eigenvalue weighted by Gasteiger charge is -2.33. The first kappa shape index (κ1) is 15.4. The average Bonchev–Trinajstić information content (AvgIpc) is 2.86. The Morgan fingerprint density at radius 2 is 1.91 bits per heavy atom. The molecule has 2 aromatic rings. The maximum absolute atomic E-state index is 5.93. The van der Waals surface area contributed by atoms with Gasteiger partial charge < -0.3 is 0 Å². The van der Waals surface area contributed by atoms with Crippen LogP contribution in [0.1, 0.15) is 56.5 Å². The van der Waals surface area contributed by atoms with Crippen LogP contribution >= 0.6 is 23.4 Å². The van der Waals surface area contributed by atoms with Crippen molar-refractivity contribution in [2.24, 2.45) is 5.41 Å². The summed E-state index contributed by atoms with van der Waals surface area (Å²) in [6.07, 6.45) is 2.42. The minimum Gasteiger partial charge on any atom is -0.224 e. The molecule has 1 fully saturated rings. The minimum atomic E-state index is 0.137. The van der Waals surface area contributed by atoms with Gasteiger partial charge in [0.25, 0.3) is 0 Å². The zero-order valence-corrected chi connectivity index (χ0v) is 15.2. The number of benzene rings is 1. The first-order valence-corrected chi connectivity index (χ1v) is 9.40. The number of rotatable bonds is 3. The van der Waals surface area contributed by atoms with E-state index in [1.807, 2.05) is 24.3 Å². The van der Waals surface area contributed by atoms with E-state index in [-0.39, 0.29) is 10.8 Å². The van der Waals surface area contributed by atoms with Crippen molar-refractivity contribution >= 4 is 23.4 Å². The van der Waals surface area contributed by atoms with Crippen molar-refractivity contribution in [2.45, 2.75) is 55.9 Å². The van der Waals surface area contributed by atoms with Gasteiger partial charge in [0.05, 0.1) is 11.4 Å². The molecule has 0 saturated heterocycles. The lowest BCUT2D eigenvalue weighted by atomic mass is 9.70. The van der Waals surface area contributed by atoms with Crippen molar-refractivity contribution in [2.75, 3.05) is 0 Å². The van der Waals surface area contributed by atoms with Crippen molar-refractivity contribution in [3.8, 4) is 0 Å². The van der Waals surface area contributed by atoms with Crippen LogP contribution in [0.4, 0.5) is 0 Å². The highest BCUT2D eigenvalue weighted by atomic mass is 35.5. The quantitative estimate of drug-likeness (QED) is 0.734. The number of nitrogens with zero attached hydrogens (tertiary/aromatic N) is 3. The Morgan fingerprint density at radius 1 is 1.17 bits per heavy atom. The summed E-state index contributed by atoms with van der Waals surface area (Å²) in [5, 5.41) is 10.5. The topological polar surface area (TPSA) is 38.7 Å². The van der Waals surface area contributed by atoms with E-state index in [2.05, 4.69) is 31.0 Å². The molecular formula is C18H20ClN3S. The van der Waals surface area contributed by atoms with Crippen LogP contribution in [-0.2, 0) is 11.2 Å². The van der Waals surface area contributed by atoms with Crippen molar-refractivity contribution in [1.29, 1.82) is 0 Å². The summed E-state index contributed by atoms with van der Waals surface area (Å²) in [6, 6.07) is 7.93. The minimum absolute atomic E-state index is 0.137. The molecule has 0 unspecified atom stereocenters. The summed E-state index contributed by atoms with van der Waals surface area (Å²) in [7, 11) is 0. The smallest absolute Gasteiger partial charge is 0.209 e. The second kappa shape index (κ2) is 5.18. The van der Waals surface area contributed by atoms with E-state index in [0.29, 0.717) is 5.92 Å². The van der Waals surface area contributed by atoms with E-state index in [1.165, 1.54) is 24.1 Å². The number of aromatic nitrogens is 3. The number of hydrogen-bond acceptors (Lipinski definition) is 4. The molecule has 1 aromatic heterocycles. The molecular weight excluding hydrogens is 326 g/mol. The summed E-state index contributed by atoms with van der Waals surface area (Å²) in [4.78, 5) is 4.90. The second-order valence-corrected chi connectivity index (χ2v) is 8.77. The van der Waals surface area contributed by atoms with Gasteiger partial charge in [0.2, 0.25) is 5.16 Å². The van der Waals surface area contributed by atoms with Crippen LogP contribution < -0.4 is 0 Å². The summed E-state index contributed by atoms with van der Waals surface area (Å²) in [5.41, 5.74) is 3.91. The third-order valence-corrected chi connectivity index (χ3v) is 7.21. The summed E-state index contributed by atoms with van der Waals surface area (Å²) >= 11 is 7.57. The molecule has 0 radical (unpaired) electrons. The summed E-state index contributed by atoms with van der Waals surface area (Å²) < 4.78 is 0. The van der Waals surface area contributed by atoms with Gasteiger partial charge in [-0.1, -0.05) is 56.3 Å². The fourth-order valence-electron chi connectivity index (χ4n) is 4.15. The molecule has 120 valence electrons. The number of halogens is 1. The van der Waals surface area contributed by atoms with Crippen molar-refractivity contribution in [3.63, 3.8) is 0 Å². The maximum atomic E-state index is 5.93. The monoisotopic (exact) mass is 345 g/mol. The van der Waals surface area contributed by atoms with E-state index in [9.17, 15) is 0 Å². The van der Waals surface area contributed by atoms with E-state index in [0.717, 1.165) is 21.6 Å². The molecule has 1 saturated carbocycles. The van der Waals surface area contributed by atoms with Crippen LogP contribution in [0.5, 0.6) is 0 Å². The van der Waals surface area contributed by atoms with Gasteiger partial charge in [0.15, 0.2) is 0 Å². The Morgan fingerprint density at radius 3 is 2.65 bits per heavy atom. The molecule has 0 spiro atoms. The standard InChI is InChI=1S/C18H20ClN3S/c1-17(2)13-8-9-18(17,3)15-14(13)21-22-16(20-15)23-10-11-4-6-12(19)7-5-11/h4-7,13H,8-10H2,1-3H3/t13-,18+/m0/s1. The van der Waals surface area contributed by atoms with Gasteiger partial charge in [-0.05, 0) is 36.0 Å². The molecule has 2 aliphatic carbocycles. The Balaban J connectivity index is 1.59. The first-order valence-electron chi connectivity index (χ1n) is 8.04. The largest absolute Gasteiger partial charge is 0.224 e. The molecule has 0 N–H and O–H groups in total. The number of fused-ring (bicyclic) bond motifs is 5. The van der Waals surface area contributed by atoms with Crippen LogP contribution in [0, 0.1) is 5.41 Å². The lowest BCUT2D eigenvalue weighted by molar-refractivity contribution is 0.226. The van der Waals surface area contributed by atoms with Gasteiger partial charge in [-0.25, -0.2) is 4.98 Å². The van der Waals surface area contributed by atoms with Gasteiger partial charge in [-0.2, -0.15) is 5.10 Å². The third kappa shape index (κ3) is 2.22. The van der Waals surface area contributed by atoms with Gasteiger partial charge in [0, 0.05) is 22.1 Å². The Kier molecular flexibility index (Phi) is 3.47. The molecule has 2 aliphatic rings. The fraction of sp³-hybridized carbons (Fsp3) is 0.500. The van der Waals surface area contributed by atoms with Gasteiger partial charge in [0.1, 0.15) is 0 Å². The molecule has 4 rings (SSSR count). The molecule has 2 bridgehead atoms. The molecule has 0 amide bonds. The van der Waals surface area contributed by atoms with E-state index in [4.69, 9.17) is 16.6 Å². The van der Waals surface area contributed by atoms with Gasteiger partial charge in [-0.3, -0.25) is 0 Å². The molecule has 1 aromatic carbocycles. The Bertz CT molecular complexity index is 759. The molecule has 1 heterocycles. The summed E-state index contributed by atoms with van der Waals surface area (Å²) in [5.74, 6) is 1.35. The first-order chi connectivity index (χ1) is 10.9. The Labute approximate surface area is 146 Å². The van der Waals surface area contributed by atoms with E-state index in [1.54, 1.807) is 11.8 Å². The van der Waals surface area contributed by atoms with Crippen molar-refractivity contribution in [3.05, 3.63) is 46.2 Å². The number of thioether (sulfide) groups is 1. The van der Waals surface area contributed by atoms with Crippen LogP contribution in [0.2, 0.25) is 5.02 Å². The van der Waals surface area contributed by atoms with E-state index < -0.39 is 0 Å².